The third-order valence-electron chi connectivity index (χ3n) is 5.04. The summed E-state index contributed by atoms with van der Waals surface area (Å²) in [6.45, 7) is 4.71. The van der Waals surface area contributed by atoms with E-state index in [0.717, 1.165) is 25.7 Å². The van der Waals surface area contributed by atoms with Crippen LogP contribution in [0.1, 0.15) is 61.0 Å². The van der Waals surface area contributed by atoms with Crippen molar-refractivity contribution < 1.29 is 35.9 Å². The second-order valence-corrected chi connectivity index (χ2v) is 8.71. The number of hydrogen-bond acceptors (Lipinski definition) is 2. The van der Waals surface area contributed by atoms with Crippen molar-refractivity contribution in [2.75, 3.05) is 6.61 Å². The van der Waals surface area contributed by atoms with Gasteiger partial charge in [0.2, 0.25) is 0 Å². The maximum Gasteiger partial charge on any atom is 0.417 e. The monoisotopic (exact) mass is 478 g/mol. The lowest BCUT2D eigenvalue weighted by Gasteiger charge is -2.18. The van der Waals surface area contributed by atoms with Gasteiger partial charge in [-0.2, -0.15) is 26.3 Å². The van der Waals surface area contributed by atoms with E-state index in [1.54, 1.807) is 12.1 Å². The molecule has 2 rings (SSSR count). The Balaban J connectivity index is 2.18. The van der Waals surface area contributed by atoms with E-state index in [-0.39, 0.29) is 0 Å². The first-order valence-corrected chi connectivity index (χ1v) is 11.3. The number of carbonyl (C=O) groups is 1. The predicted octanol–water partition coefficient (Wildman–Crippen LogP) is 7.46. The summed E-state index contributed by atoms with van der Waals surface area (Å²) in [6, 6.07) is 7.76. The second kappa shape index (κ2) is 11.2. The minimum atomic E-state index is -5.08. The summed E-state index contributed by atoms with van der Waals surface area (Å²) in [5.74, 6) is 0.936. The first-order chi connectivity index (χ1) is 15.0. The third kappa shape index (κ3) is 7.22. The molecule has 0 saturated carbocycles. The maximum absolute atomic E-state index is 13.3. The van der Waals surface area contributed by atoms with Crippen LogP contribution in [0.4, 0.5) is 26.3 Å². The zero-order chi connectivity index (χ0) is 23.9. The number of benzene rings is 2. The highest BCUT2D eigenvalue weighted by molar-refractivity contribution is 7.66. The van der Waals surface area contributed by atoms with Gasteiger partial charge in [0.05, 0.1) is 17.7 Å². The highest BCUT2D eigenvalue weighted by atomic mass is 31.1. The fourth-order valence-corrected chi connectivity index (χ4v) is 4.20. The van der Waals surface area contributed by atoms with Gasteiger partial charge in [0, 0.05) is 5.56 Å². The smallest absolute Gasteiger partial charge is 0.417 e. The van der Waals surface area contributed by atoms with Gasteiger partial charge in [0.25, 0.3) is 0 Å². The van der Waals surface area contributed by atoms with E-state index in [0.29, 0.717) is 41.8 Å². The summed E-state index contributed by atoms with van der Waals surface area (Å²) in [5, 5.41) is 0.325. The second-order valence-electron chi connectivity index (χ2n) is 7.43. The number of carbonyl (C=O) groups excluding carboxylic acids is 1. The van der Waals surface area contributed by atoms with Crippen LogP contribution in [0.2, 0.25) is 0 Å². The van der Waals surface area contributed by atoms with E-state index in [1.807, 2.05) is 0 Å². The zero-order valence-corrected chi connectivity index (χ0v) is 18.7. The maximum atomic E-state index is 13.3. The summed E-state index contributed by atoms with van der Waals surface area (Å²) in [4.78, 5) is 12.6. The molecule has 2 unspecified atom stereocenters. The molecule has 0 saturated heterocycles. The van der Waals surface area contributed by atoms with Gasteiger partial charge in [-0.05, 0) is 50.5 Å². The molecule has 0 bridgehead atoms. The number of rotatable bonds is 10. The van der Waals surface area contributed by atoms with Crippen LogP contribution in [0, 0.1) is 5.92 Å². The van der Waals surface area contributed by atoms with Crippen LogP contribution in [0.25, 0.3) is 0 Å². The van der Waals surface area contributed by atoms with Crippen LogP contribution in [-0.2, 0) is 12.4 Å². The highest BCUT2D eigenvalue weighted by Crippen LogP contribution is 2.41. The number of unbranched alkanes of at least 4 members (excludes halogenated alkanes) is 1. The van der Waals surface area contributed by atoms with E-state index in [2.05, 4.69) is 13.8 Å². The van der Waals surface area contributed by atoms with Crippen molar-refractivity contribution in [1.29, 1.82) is 0 Å². The molecular weight excluding hydrogens is 453 g/mol. The van der Waals surface area contributed by atoms with Crippen molar-refractivity contribution in [2.24, 2.45) is 5.92 Å². The molecule has 0 amide bonds. The topological polar surface area (TPSA) is 26.3 Å². The average Bonchev–Trinajstić information content (AvgIpc) is 2.73. The van der Waals surface area contributed by atoms with Gasteiger partial charge in [0.1, 0.15) is 5.75 Å². The Morgan fingerprint density at radius 3 is 1.97 bits per heavy atom. The Morgan fingerprint density at radius 2 is 1.50 bits per heavy atom. The van der Waals surface area contributed by atoms with Gasteiger partial charge >= 0.3 is 12.4 Å². The quantitative estimate of drug-likeness (QED) is 0.262. The molecule has 0 aliphatic carbocycles. The standard InChI is InChI=1S/C23H25F6O2P/c1-3-5-7-15(4-2)14-31-16-10-12-17(13-11-16)32-21(30)20-18(22(24,25)26)8-6-9-19(20)23(27,28)29/h6,8-13,15,32H,3-5,7,14H2,1-2H3. The van der Waals surface area contributed by atoms with Crippen LogP contribution in [0.3, 0.4) is 0 Å². The number of halogens is 6. The molecule has 0 N–H and O–H groups in total. The summed E-state index contributed by atoms with van der Waals surface area (Å²) >= 11 is 0. The Bertz CT molecular complexity index is 859. The van der Waals surface area contributed by atoms with Gasteiger partial charge in [-0.15, -0.1) is 0 Å². The molecule has 0 aliphatic heterocycles. The molecule has 0 fully saturated rings. The normalized spacial score (nSPS) is 13.5. The first-order valence-electron chi connectivity index (χ1n) is 10.3. The first kappa shape index (κ1) is 26.2. The molecule has 0 spiro atoms. The summed E-state index contributed by atoms with van der Waals surface area (Å²) < 4.78 is 85.5. The number of hydrogen-bond donors (Lipinski definition) is 0. The van der Waals surface area contributed by atoms with E-state index in [4.69, 9.17) is 4.74 Å². The predicted molar refractivity (Wildman–Crippen MR) is 114 cm³/mol. The lowest BCUT2D eigenvalue weighted by Crippen LogP contribution is -2.19. The van der Waals surface area contributed by atoms with Gasteiger partial charge in [-0.3, -0.25) is 4.79 Å². The van der Waals surface area contributed by atoms with Gasteiger partial charge in [-0.1, -0.05) is 51.3 Å². The molecular formula is C23H25F6O2P. The Hall–Kier alpha value is -2.08. The van der Waals surface area contributed by atoms with E-state index in [1.165, 1.54) is 12.1 Å². The van der Waals surface area contributed by atoms with E-state index in [9.17, 15) is 31.1 Å². The van der Waals surface area contributed by atoms with E-state index < -0.39 is 43.1 Å². The van der Waals surface area contributed by atoms with E-state index >= 15 is 0 Å². The van der Waals surface area contributed by atoms with Crippen LogP contribution >= 0.6 is 8.58 Å². The number of ether oxygens (including phenoxy) is 1. The van der Waals surface area contributed by atoms with Crippen molar-refractivity contribution in [3.05, 3.63) is 59.2 Å². The lowest BCUT2D eigenvalue weighted by molar-refractivity contribution is -0.143. The Labute approximate surface area is 185 Å². The molecule has 32 heavy (non-hydrogen) atoms. The molecule has 2 aromatic carbocycles. The zero-order valence-electron chi connectivity index (χ0n) is 17.7. The molecule has 176 valence electrons. The molecule has 2 nitrogen and oxygen atoms in total. The highest BCUT2D eigenvalue weighted by Gasteiger charge is 2.42. The van der Waals surface area contributed by atoms with Crippen LogP contribution in [0.5, 0.6) is 5.75 Å². The number of alkyl halides is 6. The summed E-state index contributed by atoms with van der Waals surface area (Å²) in [6.07, 6.45) is -5.96. The summed E-state index contributed by atoms with van der Waals surface area (Å²) in [5.41, 5.74) is -5.72. The van der Waals surface area contributed by atoms with Crippen molar-refractivity contribution >= 4 is 19.4 Å². The molecule has 0 aromatic heterocycles. The van der Waals surface area contributed by atoms with Crippen molar-refractivity contribution in [3.63, 3.8) is 0 Å². The fraction of sp³-hybridized carbons (Fsp3) is 0.435. The summed E-state index contributed by atoms with van der Waals surface area (Å²) in [7, 11) is -0.894. The van der Waals surface area contributed by atoms with Gasteiger partial charge in [0.15, 0.2) is 5.52 Å². The lowest BCUT2D eigenvalue weighted by atomic mass is 10.0. The van der Waals surface area contributed by atoms with Crippen LogP contribution in [0.15, 0.2) is 42.5 Å². The molecule has 0 heterocycles. The van der Waals surface area contributed by atoms with Crippen molar-refractivity contribution in [2.45, 2.75) is 51.9 Å². The van der Waals surface area contributed by atoms with Crippen LogP contribution in [-0.4, -0.2) is 12.1 Å². The Kier molecular flexibility index (Phi) is 9.14. The third-order valence-corrected chi connectivity index (χ3v) is 6.14. The molecule has 0 aliphatic rings. The fourth-order valence-electron chi connectivity index (χ4n) is 3.21. The molecule has 2 atom stereocenters. The SMILES string of the molecule is CCCCC(CC)COc1ccc(PC(=O)c2c(C(F)(F)F)cccc2C(F)(F)F)cc1. The Morgan fingerprint density at radius 1 is 0.938 bits per heavy atom. The van der Waals surface area contributed by atoms with Crippen molar-refractivity contribution in [3.8, 4) is 5.75 Å². The largest absolute Gasteiger partial charge is 0.493 e. The van der Waals surface area contributed by atoms with Gasteiger partial charge < -0.3 is 4.74 Å². The average molecular weight is 478 g/mol. The van der Waals surface area contributed by atoms with Crippen LogP contribution < -0.4 is 10.0 Å². The molecule has 2 aromatic rings. The van der Waals surface area contributed by atoms with Gasteiger partial charge in [-0.25, -0.2) is 0 Å². The minimum Gasteiger partial charge on any atom is -0.493 e. The molecule has 0 radical (unpaired) electrons. The van der Waals surface area contributed by atoms with Crippen molar-refractivity contribution in [1.82, 2.24) is 0 Å². The minimum absolute atomic E-state index is 0.325. The molecule has 9 heteroatoms.